The Morgan fingerprint density at radius 1 is 0.867 bits per heavy atom. The van der Waals surface area contributed by atoms with Gasteiger partial charge in [0.2, 0.25) is 0 Å². The van der Waals surface area contributed by atoms with Crippen molar-refractivity contribution in [2.24, 2.45) is 0 Å². The first-order chi connectivity index (χ1) is 14.5. The van der Waals surface area contributed by atoms with E-state index in [0.717, 1.165) is 34.9 Å². The van der Waals surface area contributed by atoms with Crippen LogP contribution in [-0.4, -0.2) is 16.2 Å². The molecular weight excluding hydrogens is 388 g/mol. The van der Waals surface area contributed by atoms with E-state index in [2.05, 4.69) is 92.1 Å². The predicted molar refractivity (Wildman–Crippen MR) is 126 cm³/mol. The van der Waals surface area contributed by atoms with E-state index >= 15 is 0 Å². The Morgan fingerprint density at radius 2 is 1.57 bits per heavy atom. The van der Waals surface area contributed by atoms with Crippen molar-refractivity contribution in [2.75, 3.05) is 6.61 Å². The lowest BCUT2D eigenvalue weighted by atomic mass is 9.87. The molecule has 0 spiro atoms. The quantitative estimate of drug-likeness (QED) is 0.313. The number of hydrogen-bond acceptors (Lipinski definition) is 3. The number of fused-ring (bicyclic) bond motifs is 1. The summed E-state index contributed by atoms with van der Waals surface area (Å²) < 4.78 is 8.34. The summed E-state index contributed by atoms with van der Waals surface area (Å²) in [6.45, 7) is 8.05. The Morgan fingerprint density at radius 3 is 2.30 bits per heavy atom. The van der Waals surface area contributed by atoms with Crippen molar-refractivity contribution in [3.05, 3.63) is 90.3 Å². The van der Waals surface area contributed by atoms with E-state index < -0.39 is 0 Å². The third-order valence-electron chi connectivity index (χ3n) is 5.15. The van der Waals surface area contributed by atoms with E-state index in [4.69, 9.17) is 9.72 Å². The molecule has 0 aliphatic carbocycles. The van der Waals surface area contributed by atoms with Gasteiger partial charge in [0.1, 0.15) is 18.2 Å². The molecule has 0 saturated carbocycles. The first kappa shape index (κ1) is 20.5. The number of thioether (sulfide) groups is 1. The second kappa shape index (κ2) is 8.97. The van der Waals surface area contributed by atoms with Crippen molar-refractivity contribution >= 4 is 22.8 Å². The third-order valence-corrected chi connectivity index (χ3v) is 6.16. The summed E-state index contributed by atoms with van der Waals surface area (Å²) in [7, 11) is 0. The molecule has 0 bridgehead atoms. The van der Waals surface area contributed by atoms with Gasteiger partial charge < -0.3 is 9.30 Å². The molecule has 3 nitrogen and oxygen atoms in total. The van der Waals surface area contributed by atoms with E-state index in [1.807, 2.05) is 23.9 Å². The van der Waals surface area contributed by atoms with Gasteiger partial charge in [-0.05, 0) is 47.4 Å². The number of hydrogen-bond donors (Lipinski definition) is 0. The van der Waals surface area contributed by atoms with Crippen molar-refractivity contribution in [3.8, 4) is 5.75 Å². The SMILES string of the molecule is CC(C)(C)c1ccc(OCCn2c(CSc3ccccc3)nc3ccccc32)cc1. The Kier molecular flexibility index (Phi) is 6.14. The van der Waals surface area contributed by atoms with Crippen LogP contribution in [0.1, 0.15) is 32.2 Å². The number of para-hydroxylation sites is 2. The minimum Gasteiger partial charge on any atom is -0.492 e. The molecule has 1 aromatic heterocycles. The molecular formula is C26H28N2OS. The molecule has 0 radical (unpaired) electrons. The number of rotatable bonds is 7. The number of ether oxygens (including phenoxy) is 1. The van der Waals surface area contributed by atoms with Crippen molar-refractivity contribution in [3.63, 3.8) is 0 Å². The highest BCUT2D eigenvalue weighted by Crippen LogP contribution is 2.26. The predicted octanol–water partition coefficient (Wildman–Crippen LogP) is 6.71. The maximum Gasteiger partial charge on any atom is 0.120 e. The van der Waals surface area contributed by atoms with Gasteiger partial charge in [0.15, 0.2) is 0 Å². The number of imidazole rings is 1. The summed E-state index contributed by atoms with van der Waals surface area (Å²) in [6, 6.07) is 27.3. The Balaban J connectivity index is 1.46. The molecule has 0 saturated heterocycles. The summed E-state index contributed by atoms with van der Waals surface area (Å²) in [4.78, 5) is 6.13. The lowest BCUT2D eigenvalue weighted by Gasteiger charge is -2.19. The van der Waals surface area contributed by atoms with Crippen LogP contribution in [0.5, 0.6) is 5.75 Å². The average molecular weight is 417 g/mol. The van der Waals surface area contributed by atoms with Gasteiger partial charge in [0.25, 0.3) is 0 Å². The number of nitrogens with zero attached hydrogens (tertiary/aromatic N) is 2. The maximum absolute atomic E-state index is 6.06. The fourth-order valence-electron chi connectivity index (χ4n) is 3.46. The molecule has 4 aromatic rings. The zero-order valence-corrected chi connectivity index (χ0v) is 18.7. The molecule has 154 valence electrons. The van der Waals surface area contributed by atoms with Crippen LogP contribution in [0.4, 0.5) is 0 Å². The van der Waals surface area contributed by atoms with E-state index in [0.29, 0.717) is 6.61 Å². The van der Waals surface area contributed by atoms with Crippen molar-refractivity contribution in [1.29, 1.82) is 0 Å². The van der Waals surface area contributed by atoms with E-state index in [1.54, 1.807) is 0 Å². The molecule has 1 heterocycles. The molecule has 0 atom stereocenters. The van der Waals surface area contributed by atoms with E-state index in [-0.39, 0.29) is 5.41 Å². The van der Waals surface area contributed by atoms with Gasteiger partial charge in [-0.3, -0.25) is 0 Å². The maximum atomic E-state index is 6.06. The van der Waals surface area contributed by atoms with E-state index in [1.165, 1.54) is 10.5 Å². The van der Waals surface area contributed by atoms with E-state index in [9.17, 15) is 0 Å². The fourth-order valence-corrected chi connectivity index (χ4v) is 4.32. The normalized spacial score (nSPS) is 11.7. The highest BCUT2D eigenvalue weighted by molar-refractivity contribution is 7.98. The second-order valence-electron chi connectivity index (χ2n) is 8.39. The van der Waals surface area contributed by atoms with Crippen LogP contribution in [0.15, 0.2) is 83.8 Å². The Bertz CT molecular complexity index is 1100. The van der Waals surface area contributed by atoms with Gasteiger partial charge in [-0.15, -0.1) is 11.8 Å². The third kappa shape index (κ3) is 4.88. The van der Waals surface area contributed by atoms with Gasteiger partial charge in [0.05, 0.1) is 23.3 Å². The lowest BCUT2D eigenvalue weighted by molar-refractivity contribution is 0.298. The monoisotopic (exact) mass is 416 g/mol. The largest absolute Gasteiger partial charge is 0.492 e. The molecule has 4 rings (SSSR count). The van der Waals surface area contributed by atoms with Crippen molar-refractivity contribution in [1.82, 2.24) is 9.55 Å². The highest BCUT2D eigenvalue weighted by atomic mass is 32.2. The molecule has 0 fully saturated rings. The molecule has 0 aliphatic rings. The highest BCUT2D eigenvalue weighted by Gasteiger charge is 2.14. The average Bonchev–Trinajstić information content (AvgIpc) is 3.10. The molecule has 0 aliphatic heterocycles. The van der Waals surface area contributed by atoms with Gasteiger partial charge in [-0.2, -0.15) is 0 Å². The number of aromatic nitrogens is 2. The summed E-state index contributed by atoms with van der Waals surface area (Å²) in [6.07, 6.45) is 0. The number of benzene rings is 3. The first-order valence-corrected chi connectivity index (χ1v) is 11.3. The lowest BCUT2D eigenvalue weighted by Crippen LogP contribution is -2.12. The van der Waals surface area contributed by atoms with Crippen LogP contribution in [0.25, 0.3) is 11.0 Å². The standard InChI is InChI=1S/C26H28N2OS/c1-26(2,3)20-13-15-21(16-14-20)29-18-17-28-24-12-8-7-11-23(24)27-25(28)19-30-22-9-5-4-6-10-22/h4-16H,17-19H2,1-3H3. The summed E-state index contributed by atoms with van der Waals surface area (Å²) >= 11 is 1.81. The van der Waals surface area contributed by atoms with Crippen LogP contribution < -0.4 is 4.74 Å². The van der Waals surface area contributed by atoms with Crippen LogP contribution in [0.3, 0.4) is 0 Å². The van der Waals surface area contributed by atoms with Gasteiger partial charge in [-0.25, -0.2) is 4.98 Å². The zero-order chi connectivity index (χ0) is 21.0. The zero-order valence-electron chi connectivity index (χ0n) is 17.8. The Labute approximate surface area is 183 Å². The van der Waals surface area contributed by atoms with Gasteiger partial charge >= 0.3 is 0 Å². The van der Waals surface area contributed by atoms with Crippen LogP contribution in [0.2, 0.25) is 0 Å². The molecule has 0 N–H and O–H groups in total. The smallest absolute Gasteiger partial charge is 0.120 e. The molecule has 4 heteroatoms. The first-order valence-electron chi connectivity index (χ1n) is 10.4. The molecule has 0 amide bonds. The summed E-state index contributed by atoms with van der Waals surface area (Å²) in [5.41, 5.74) is 3.67. The molecule has 3 aromatic carbocycles. The minimum absolute atomic E-state index is 0.152. The van der Waals surface area contributed by atoms with Crippen LogP contribution in [0, 0.1) is 0 Å². The second-order valence-corrected chi connectivity index (χ2v) is 9.44. The van der Waals surface area contributed by atoms with Gasteiger partial charge in [-0.1, -0.05) is 63.2 Å². The Hall–Kier alpha value is -2.72. The molecule has 0 unspecified atom stereocenters. The topological polar surface area (TPSA) is 27.1 Å². The summed E-state index contributed by atoms with van der Waals surface area (Å²) in [5, 5.41) is 0. The van der Waals surface area contributed by atoms with Gasteiger partial charge in [0, 0.05) is 4.90 Å². The molecule has 30 heavy (non-hydrogen) atoms. The van der Waals surface area contributed by atoms with Crippen LogP contribution >= 0.6 is 11.8 Å². The van der Waals surface area contributed by atoms with Crippen molar-refractivity contribution < 1.29 is 4.74 Å². The summed E-state index contributed by atoms with van der Waals surface area (Å²) in [5.74, 6) is 2.82. The fraction of sp³-hybridized carbons (Fsp3) is 0.269. The van der Waals surface area contributed by atoms with Crippen LogP contribution in [-0.2, 0) is 17.7 Å². The minimum atomic E-state index is 0.152. The van der Waals surface area contributed by atoms with Crippen molar-refractivity contribution in [2.45, 2.75) is 43.4 Å².